The number of hydrogen-bond acceptors (Lipinski definition) is 3. The van der Waals surface area contributed by atoms with Crippen molar-refractivity contribution in [3.05, 3.63) is 24.0 Å². The van der Waals surface area contributed by atoms with Crippen LogP contribution >= 0.6 is 15.9 Å². The van der Waals surface area contributed by atoms with E-state index in [-0.39, 0.29) is 12.2 Å². The van der Waals surface area contributed by atoms with Gasteiger partial charge in [-0.2, -0.15) is 0 Å². The van der Waals surface area contributed by atoms with Crippen LogP contribution in [-0.2, 0) is 4.74 Å². The van der Waals surface area contributed by atoms with Crippen LogP contribution in [0, 0.1) is 6.92 Å². The second-order valence-electron chi connectivity index (χ2n) is 4.33. The van der Waals surface area contributed by atoms with Crippen molar-refractivity contribution in [3.63, 3.8) is 0 Å². The highest BCUT2D eigenvalue weighted by molar-refractivity contribution is 9.09. The Bertz CT molecular complexity index is 372. The van der Waals surface area contributed by atoms with E-state index in [9.17, 15) is 0 Å². The molecule has 17 heavy (non-hydrogen) atoms. The summed E-state index contributed by atoms with van der Waals surface area (Å²) in [4.78, 5) is 4.63. The van der Waals surface area contributed by atoms with Crippen LogP contribution in [0.4, 0.5) is 0 Å². The highest BCUT2D eigenvalue weighted by Gasteiger charge is 2.42. The molecule has 0 aromatic carbocycles. The lowest BCUT2D eigenvalue weighted by Crippen LogP contribution is -2.52. The predicted octanol–water partition coefficient (Wildman–Crippen LogP) is 3.10. The molecule has 4 heteroatoms. The van der Waals surface area contributed by atoms with Crippen LogP contribution in [0.5, 0.6) is 5.75 Å². The molecule has 0 amide bonds. The molecule has 3 unspecified atom stereocenters. The van der Waals surface area contributed by atoms with Crippen molar-refractivity contribution in [1.29, 1.82) is 0 Å². The number of halogens is 1. The summed E-state index contributed by atoms with van der Waals surface area (Å²) in [5.74, 6) is 0.863. The van der Waals surface area contributed by atoms with Crippen LogP contribution in [0.1, 0.15) is 25.5 Å². The summed E-state index contributed by atoms with van der Waals surface area (Å²) in [5.41, 5.74) is 0.930. The summed E-state index contributed by atoms with van der Waals surface area (Å²) in [7, 11) is 0. The zero-order valence-electron chi connectivity index (χ0n) is 10.2. The number of alkyl halides is 1. The van der Waals surface area contributed by atoms with Crippen molar-refractivity contribution in [2.24, 2.45) is 0 Å². The Morgan fingerprint density at radius 2 is 2.35 bits per heavy atom. The van der Waals surface area contributed by atoms with Crippen LogP contribution in [0.2, 0.25) is 0 Å². The quantitative estimate of drug-likeness (QED) is 0.783. The average Bonchev–Trinajstić information content (AvgIpc) is 2.31. The number of rotatable bonds is 5. The molecular weight excluding hydrogens is 282 g/mol. The van der Waals surface area contributed by atoms with E-state index in [4.69, 9.17) is 9.47 Å². The summed E-state index contributed by atoms with van der Waals surface area (Å²) in [5, 5.41) is 0. The fourth-order valence-corrected chi connectivity index (χ4v) is 2.73. The molecular formula is C13H18BrNO2. The van der Waals surface area contributed by atoms with Gasteiger partial charge in [-0.05, 0) is 25.5 Å². The molecule has 3 nitrogen and oxygen atoms in total. The van der Waals surface area contributed by atoms with E-state index < -0.39 is 0 Å². The van der Waals surface area contributed by atoms with E-state index in [1.807, 2.05) is 19.1 Å². The second kappa shape index (κ2) is 5.83. The summed E-state index contributed by atoms with van der Waals surface area (Å²) >= 11 is 3.61. The Morgan fingerprint density at radius 1 is 1.53 bits per heavy atom. The Morgan fingerprint density at radius 3 is 3.00 bits per heavy atom. The van der Waals surface area contributed by atoms with Gasteiger partial charge >= 0.3 is 0 Å². The number of ether oxygens (including phenoxy) is 2. The van der Waals surface area contributed by atoms with Crippen LogP contribution in [0.25, 0.3) is 0 Å². The highest BCUT2D eigenvalue weighted by atomic mass is 79.9. The van der Waals surface area contributed by atoms with Gasteiger partial charge in [-0.3, -0.25) is 4.98 Å². The van der Waals surface area contributed by atoms with E-state index >= 15 is 0 Å². The van der Waals surface area contributed by atoms with Gasteiger partial charge in [-0.25, -0.2) is 0 Å². The van der Waals surface area contributed by atoms with Gasteiger partial charge in [-0.1, -0.05) is 22.9 Å². The minimum absolute atomic E-state index is 0.147. The van der Waals surface area contributed by atoms with Crippen LogP contribution < -0.4 is 4.74 Å². The molecule has 1 aromatic rings. The van der Waals surface area contributed by atoms with Gasteiger partial charge in [0.25, 0.3) is 0 Å². The number of nitrogens with zero attached hydrogens (tertiary/aromatic N) is 1. The summed E-state index contributed by atoms with van der Waals surface area (Å²) < 4.78 is 11.7. The first-order valence-corrected chi connectivity index (χ1v) is 6.98. The van der Waals surface area contributed by atoms with E-state index in [2.05, 4.69) is 27.8 Å². The largest absolute Gasteiger partial charge is 0.486 e. The normalized spacial score (nSPS) is 27.6. The Balaban J connectivity index is 1.93. The van der Waals surface area contributed by atoms with Crippen LogP contribution in [0.3, 0.4) is 0 Å². The number of pyridine rings is 1. The lowest BCUT2D eigenvalue weighted by atomic mass is 9.91. The molecule has 0 bridgehead atoms. The van der Waals surface area contributed by atoms with Crippen molar-refractivity contribution in [2.75, 3.05) is 6.61 Å². The Labute approximate surface area is 111 Å². The summed E-state index contributed by atoms with van der Waals surface area (Å²) in [6, 6.07) is 3.86. The van der Waals surface area contributed by atoms with Gasteiger partial charge in [0.05, 0.1) is 5.69 Å². The fourth-order valence-electron chi connectivity index (χ4n) is 1.87. The molecule has 0 saturated heterocycles. The molecule has 2 rings (SSSR count). The molecule has 1 heterocycles. The van der Waals surface area contributed by atoms with Crippen molar-refractivity contribution in [3.8, 4) is 5.75 Å². The third-order valence-corrected chi connectivity index (χ3v) is 3.83. The monoisotopic (exact) mass is 299 g/mol. The van der Waals surface area contributed by atoms with Gasteiger partial charge in [0.2, 0.25) is 0 Å². The molecule has 1 aliphatic carbocycles. The molecule has 3 atom stereocenters. The standard InChI is InChI=1S/C13H18BrNO2/c1-3-7-16-13-10(14)8-12(13)17-11-5-4-6-15-9(11)2/h4-6,10,12-13H,3,7-8H2,1-2H3. The molecule has 1 aromatic heterocycles. The molecule has 1 aliphatic rings. The van der Waals surface area contributed by atoms with E-state index in [1.54, 1.807) is 6.20 Å². The smallest absolute Gasteiger partial charge is 0.141 e. The van der Waals surface area contributed by atoms with Gasteiger partial charge in [-0.15, -0.1) is 0 Å². The molecule has 1 fully saturated rings. The molecule has 0 N–H and O–H groups in total. The molecule has 0 spiro atoms. The second-order valence-corrected chi connectivity index (χ2v) is 5.51. The van der Waals surface area contributed by atoms with E-state index in [0.717, 1.165) is 30.9 Å². The first-order valence-electron chi connectivity index (χ1n) is 6.06. The van der Waals surface area contributed by atoms with Crippen molar-refractivity contribution < 1.29 is 9.47 Å². The van der Waals surface area contributed by atoms with Crippen molar-refractivity contribution in [1.82, 2.24) is 4.98 Å². The maximum Gasteiger partial charge on any atom is 0.141 e. The van der Waals surface area contributed by atoms with Crippen molar-refractivity contribution in [2.45, 2.75) is 43.7 Å². The van der Waals surface area contributed by atoms with Gasteiger partial charge in [0.1, 0.15) is 18.0 Å². The van der Waals surface area contributed by atoms with Crippen molar-refractivity contribution >= 4 is 15.9 Å². The molecule has 0 radical (unpaired) electrons. The number of aryl methyl sites for hydroxylation is 1. The van der Waals surface area contributed by atoms with Crippen LogP contribution in [0.15, 0.2) is 18.3 Å². The maximum atomic E-state index is 5.94. The number of aromatic nitrogens is 1. The fraction of sp³-hybridized carbons (Fsp3) is 0.615. The predicted molar refractivity (Wildman–Crippen MR) is 70.8 cm³/mol. The lowest BCUT2D eigenvalue weighted by Gasteiger charge is -2.41. The summed E-state index contributed by atoms with van der Waals surface area (Å²) in [6.07, 6.45) is 4.11. The number of hydrogen-bond donors (Lipinski definition) is 0. The zero-order valence-corrected chi connectivity index (χ0v) is 11.8. The topological polar surface area (TPSA) is 31.4 Å². The minimum Gasteiger partial charge on any atom is -0.486 e. The van der Waals surface area contributed by atoms with Gasteiger partial charge < -0.3 is 9.47 Å². The first-order chi connectivity index (χ1) is 8.22. The SMILES string of the molecule is CCCOC1C(Br)CC1Oc1cccnc1C. The minimum atomic E-state index is 0.147. The zero-order chi connectivity index (χ0) is 12.3. The molecule has 0 aliphatic heterocycles. The maximum absolute atomic E-state index is 5.94. The highest BCUT2D eigenvalue weighted by Crippen LogP contribution is 2.34. The summed E-state index contributed by atoms with van der Waals surface area (Å²) in [6.45, 7) is 4.86. The van der Waals surface area contributed by atoms with Crippen LogP contribution in [-0.4, -0.2) is 28.6 Å². The Hall–Kier alpha value is -0.610. The van der Waals surface area contributed by atoms with Gasteiger partial charge in [0.15, 0.2) is 0 Å². The Kier molecular flexibility index (Phi) is 4.40. The van der Waals surface area contributed by atoms with E-state index in [1.165, 1.54) is 0 Å². The molecule has 1 saturated carbocycles. The third-order valence-electron chi connectivity index (χ3n) is 2.93. The average molecular weight is 300 g/mol. The third kappa shape index (κ3) is 2.99. The lowest BCUT2D eigenvalue weighted by molar-refractivity contribution is -0.0765. The van der Waals surface area contributed by atoms with E-state index in [0.29, 0.717) is 4.83 Å². The first kappa shape index (κ1) is 12.8. The van der Waals surface area contributed by atoms with Gasteiger partial charge in [0, 0.05) is 24.1 Å². The molecule has 94 valence electrons.